The number of piperazine rings is 1. The highest BCUT2D eigenvalue weighted by Crippen LogP contribution is 2.28. The van der Waals surface area contributed by atoms with Crippen molar-refractivity contribution in [3.63, 3.8) is 0 Å². The molecule has 0 radical (unpaired) electrons. The molecular formula is C20H29N5O4. The second kappa shape index (κ2) is 8.04. The van der Waals surface area contributed by atoms with Crippen molar-refractivity contribution in [2.45, 2.75) is 58.2 Å². The van der Waals surface area contributed by atoms with Crippen LogP contribution in [0.1, 0.15) is 37.1 Å². The van der Waals surface area contributed by atoms with Crippen LogP contribution in [0.25, 0.3) is 0 Å². The highest BCUT2D eigenvalue weighted by atomic mass is 16.6. The quantitative estimate of drug-likeness (QED) is 0.804. The number of nitrogens with one attached hydrogen (secondary N) is 1. The molecule has 3 fully saturated rings. The van der Waals surface area contributed by atoms with Gasteiger partial charge in [-0.3, -0.25) is 19.2 Å². The van der Waals surface area contributed by atoms with E-state index in [-0.39, 0.29) is 42.5 Å². The average Bonchev–Trinajstić information content (AvgIpc) is 3.22. The number of carbonyl (C=O) groups excluding carboxylic acids is 3. The van der Waals surface area contributed by atoms with E-state index in [2.05, 4.69) is 10.4 Å². The van der Waals surface area contributed by atoms with Gasteiger partial charge in [0, 0.05) is 37.3 Å². The number of rotatable bonds is 4. The van der Waals surface area contributed by atoms with Crippen LogP contribution < -0.4 is 5.32 Å². The van der Waals surface area contributed by atoms with Gasteiger partial charge in [0.15, 0.2) is 0 Å². The zero-order valence-electron chi connectivity index (χ0n) is 17.1. The van der Waals surface area contributed by atoms with Crippen LogP contribution in [-0.4, -0.2) is 75.8 Å². The van der Waals surface area contributed by atoms with Crippen LogP contribution in [-0.2, 0) is 20.9 Å². The van der Waals surface area contributed by atoms with Crippen molar-refractivity contribution in [1.29, 1.82) is 0 Å². The third kappa shape index (κ3) is 4.23. The van der Waals surface area contributed by atoms with Crippen molar-refractivity contribution < 1.29 is 19.1 Å². The Morgan fingerprint density at radius 2 is 1.97 bits per heavy atom. The first-order chi connectivity index (χ1) is 13.9. The molecule has 3 aliphatic rings. The zero-order chi connectivity index (χ0) is 20.5. The fourth-order valence-corrected chi connectivity index (χ4v) is 4.68. The molecule has 0 aromatic carbocycles. The summed E-state index contributed by atoms with van der Waals surface area (Å²) in [6.45, 7) is 6.14. The third-order valence-electron chi connectivity index (χ3n) is 6.27. The molecule has 2 aliphatic heterocycles. The SMILES string of the molecule is Cc1cc(C)n(CC(=O)NC2CCC(C(=O)N3CCN4C(=O)OCC4C3)CC2)n1. The van der Waals surface area contributed by atoms with Crippen molar-refractivity contribution in [2.24, 2.45) is 5.92 Å². The fraction of sp³-hybridized carbons (Fsp3) is 0.700. The molecule has 29 heavy (non-hydrogen) atoms. The summed E-state index contributed by atoms with van der Waals surface area (Å²) in [6.07, 6.45) is 2.92. The Balaban J connectivity index is 1.23. The molecule has 1 N–H and O–H groups in total. The predicted octanol–water partition coefficient (Wildman–Crippen LogP) is 0.838. The zero-order valence-corrected chi connectivity index (χ0v) is 17.1. The summed E-state index contributed by atoms with van der Waals surface area (Å²) >= 11 is 0. The van der Waals surface area contributed by atoms with E-state index in [0.29, 0.717) is 26.2 Å². The first kappa shape index (κ1) is 19.7. The lowest BCUT2D eigenvalue weighted by molar-refractivity contribution is -0.138. The number of aryl methyl sites for hydroxylation is 2. The van der Waals surface area contributed by atoms with Crippen molar-refractivity contribution >= 4 is 17.9 Å². The molecule has 1 aromatic heterocycles. The lowest BCUT2D eigenvalue weighted by Crippen LogP contribution is -2.55. The minimum absolute atomic E-state index is 0.00346. The van der Waals surface area contributed by atoms with Crippen LogP contribution in [0.15, 0.2) is 6.07 Å². The topological polar surface area (TPSA) is 96.8 Å². The maximum atomic E-state index is 12.9. The molecule has 1 unspecified atom stereocenters. The van der Waals surface area contributed by atoms with Crippen LogP contribution in [0.5, 0.6) is 0 Å². The van der Waals surface area contributed by atoms with E-state index in [4.69, 9.17) is 4.74 Å². The fourth-order valence-electron chi connectivity index (χ4n) is 4.68. The third-order valence-corrected chi connectivity index (χ3v) is 6.27. The van der Waals surface area contributed by atoms with Crippen molar-refractivity contribution in [1.82, 2.24) is 24.9 Å². The van der Waals surface area contributed by atoms with E-state index in [1.54, 1.807) is 9.58 Å². The van der Waals surface area contributed by atoms with Crippen LogP contribution >= 0.6 is 0 Å². The number of hydrogen-bond donors (Lipinski definition) is 1. The van der Waals surface area contributed by atoms with E-state index in [0.717, 1.165) is 37.1 Å². The molecule has 0 spiro atoms. The number of hydrogen-bond acceptors (Lipinski definition) is 5. The molecule has 1 aliphatic carbocycles. The molecule has 4 rings (SSSR count). The summed E-state index contributed by atoms with van der Waals surface area (Å²) in [4.78, 5) is 40.5. The van der Waals surface area contributed by atoms with Gasteiger partial charge in [-0.1, -0.05) is 0 Å². The van der Waals surface area contributed by atoms with Crippen molar-refractivity contribution in [3.8, 4) is 0 Å². The monoisotopic (exact) mass is 403 g/mol. The molecule has 1 saturated carbocycles. The van der Waals surface area contributed by atoms with E-state index in [1.807, 2.05) is 24.8 Å². The molecular weight excluding hydrogens is 374 g/mol. The normalized spacial score (nSPS) is 26.8. The first-order valence-corrected chi connectivity index (χ1v) is 10.4. The van der Waals surface area contributed by atoms with Gasteiger partial charge in [0.05, 0.1) is 11.7 Å². The van der Waals surface area contributed by atoms with Gasteiger partial charge in [-0.15, -0.1) is 0 Å². The predicted molar refractivity (Wildman–Crippen MR) is 104 cm³/mol. The number of cyclic esters (lactones) is 1. The van der Waals surface area contributed by atoms with Crippen LogP contribution in [0.4, 0.5) is 4.79 Å². The second-order valence-electron chi connectivity index (χ2n) is 8.41. The number of nitrogens with zero attached hydrogens (tertiary/aromatic N) is 4. The molecule has 3 heterocycles. The highest BCUT2D eigenvalue weighted by Gasteiger charge is 2.40. The van der Waals surface area contributed by atoms with Crippen molar-refractivity contribution in [3.05, 3.63) is 17.5 Å². The lowest BCUT2D eigenvalue weighted by Gasteiger charge is -2.38. The second-order valence-corrected chi connectivity index (χ2v) is 8.41. The Bertz CT molecular complexity index is 799. The molecule has 2 saturated heterocycles. The maximum Gasteiger partial charge on any atom is 0.410 e. The van der Waals surface area contributed by atoms with E-state index in [9.17, 15) is 14.4 Å². The highest BCUT2D eigenvalue weighted by molar-refractivity contribution is 5.80. The Morgan fingerprint density at radius 1 is 1.21 bits per heavy atom. The molecule has 0 bridgehead atoms. The Morgan fingerprint density at radius 3 is 2.66 bits per heavy atom. The Kier molecular flexibility index (Phi) is 5.47. The first-order valence-electron chi connectivity index (χ1n) is 10.4. The Labute approximate surface area is 170 Å². The van der Waals surface area contributed by atoms with Gasteiger partial charge < -0.3 is 15.0 Å². The number of ether oxygens (including phenoxy) is 1. The number of amides is 3. The van der Waals surface area contributed by atoms with Crippen LogP contribution in [0.3, 0.4) is 0 Å². The van der Waals surface area contributed by atoms with Gasteiger partial charge in [0.2, 0.25) is 11.8 Å². The summed E-state index contributed by atoms with van der Waals surface area (Å²) in [6, 6.07) is 2.06. The number of aromatic nitrogens is 2. The summed E-state index contributed by atoms with van der Waals surface area (Å²) < 4.78 is 6.80. The standard InChI is InChI=1S/C20H29N5O4/c1-13-9-14(2)25(22-13)11-18(26)21-16-5-3-15(4-6-16)19(27)23-7-8-24-17(10-23)12-29-20(24)28/h9,15-17H,3-8,10-12H2,1-2H3,(H,21,26). The molecule has 9 nitrogen and oxygen atoms in total. The summed E-state index contributed by atoms with van der Waals surface area (Å²) in [7, 11) is 0. The lowest BCUT2D eigenvalue weighted by atomic mass is 9.85. The average molecular weight is 403 g/mol. The largest absolute Gasteiger partial charge is 0.447 e. The van der Waals surface area contributed by atoms with Gasteiger partial charge in [0.1, 0.15) is 13.2 Å². The van der Waals surface area contributed by atoms with E-state index >= 15 is 0 Å². The van der Waals surface area contributed by atoms with Crippen LogP contribution in [0.2, 0.25) is 0 Å². The molecule has 1 aromatic rings. The summed E-state index contributed by atoms with van der Waals surface area (Å²) in [5.74, 6) is 0.146. The molecule has 1 atom stereocenters. The number of fused-ring (bicyclic) bond motifs is 1. The minimum Gasteiger partial charge on any atom is -0.447 e. The van der Waals surface area contributed by atoms with Crippen molar-refractivity contribution in [2.75, 3.05) is 26.2 Å². The van der Waals surface area contributed by atoms with Gasteiger partial charge in [-0.05, 0) is 45.6 Å². The van der Waals surface area contributed by atoms with Gasteiger partial charge in [0.25, 0.3) is 0 Å². The summed E-state index contributed by atoms with van der Waals surface area (Å²) in [5.41, 5.74) is 1.88. The van der Waals surface area contributed by atoms with E-state index in [1.165, 1.54) is 0 Å². The van der Waals surface area contributed by atoms with Crippen LogP contribution in [0, 0.1) is 19.8 Å². The number of carbonyl (C=O) groups is 3. The smallest absolute Gasteiger partial charge is 0.410 e. The molecule has 3 amide bonds. The van der Waals surface area contributed by atoms with Gasteiger partial charge in [-0.2, -0.15) is 5.10 Å². The summed E-state index contributed by atoms with van der Waals surface area (Å²) in [5, 5.41) is 7.42. The maximum absolute atomic E-state index is 12.9. The van der Waals surface area contributed by atoms with Gasteiger partial charge >= 0.3 is 6.09 Å². The molecule has 158 valence electrons. The minimum atomic E-state index is -0.265. The Hall–Kier alpha value is -2.58. The van der Waals surface area contributed by atoms with E-state index < -0.39 is 0 Å². The van der Waals surface area contributed by atoms with Gasteiger partial charge in [-0.25, -0.2) is 4.79 Å². The molecule has 9 heteroatoms.